The smallest absolute Gasteiger partial charge is 0.202 e. The highest BCUT2D eigenvalue weighted by molar-refractivity contribution is 7.95. The Morgan fingerprint density at radius 3 is 2.08 bits per heavy atom. The van der Waals surface area contributed by atoms with E-state index in [1.807, 2.05) is 0 Å². The Bertz CT molecular complexity index is 263. The fourth-order valence-electron chi connectivity index (χ4n) is 0.767. The SMILES string of the molecule is Cc1ccc(SO[Si](C)(C)C)cc1. The summed E-state index contributed by atoms with van der Waals surface area (Å²) in [5, 5.41) is 0. The van der Waals surface area contributed by atoms with Crippen LogP contribution in [0.5, 0.6) is 0 Å². The van der Waals surface area contributed by atoms with Gasteiger partial charge in [0.2, 0.25) is 8.32 Å². The van der Waals surface area contributed by atoms with E-state index in [9.17, 15) is 0 Å². The van der Waals surface area contributed by atoms with Gasteiger partial charge in [0.25, 0.3) is 0 Å². The molecule has 0 N–H and O–H groups in total. The van der Waals surface area contributed by atoms with Crippen molar-refractivity contribution in [1.29, 1.82) is 0 Å². The number of rotatable bonds is 3. The van der Waals surface area contributed by atoms with Crippen LogP contribution in [-0.2, 0) is 3.87 Å². The minimum absolute atomic E-state index is 1.19. The zero-order chi connectivity index (χ0) is 9.90. The summed E-state index contributed by atoms with van der Waals surface area (Å²) in [6.07, 6.45) is 0. The van der Waals surface area contributed by atoms with Crippen molar-refractivity contribution in [1.82, 2.24) is 0 Å². The van der Waals surface area contributed by atoms with E-state index < -0.39 is 8.32 Å². The Morgan fingerprint density at radius 1 is 1.08 bits per heavy atom. The third-order valence-corrected chi connectivity index (χ3v) is 4.21. The monoisotopic (exact) mass is 212 g/mol. The summed E-state index contributed by atoms with van der Waals surface area (Å²) in [4.78, 5) is 1.19. The van der Waals surface area contributed by atoms with Crippen molar-refractivity contribution in [2.24, 2.45) is 0 Å². The average molecular weight is 212 g/mol. The van der Waals surface area contributed by atoms with Gasteiger partial charge in [0.1, 0.15) is 0 Å². The van der Waals surface area contributed by atoms with Crippen LogP contribution in [0.2, 0.25) is 19.6 Å². The van der Waals surface area contributed by atoms with E-state index in [1.165, 1.54) is 22.5 Å². The van der Waals surface area contributed by atoms with Crippen LogP contribution < -0.4 is 0 Å². The van der Waals surface area contributed by atoms with Crippen LogP contribution in [0.1, 0.15) is 5.56 Å². The van der Waals surface area contributed by atoms with Gasteiger partial charge in [0.05, 0.1) is 0 Å². The molecule has 0 heterocycles. The topological polar surface area (TPSA) is 9.23 Å². The minimum atomic E-state index is -1.39. The second-order valence-corrected chi connectivity index (χ2v) is 9.62. The highest BCUT2D eigenvalue weighted by Crippen LogP contribution is 2.23. The van der Waals surface area contributed by atoms with Gasteiger partial charge in [-0.15, -0.1) is 0 Å². The fourth-order valence-corrected chi connectivity index (χ4v) is 2.40. The summed E-state index contributed by atoms with van der Waals surface area (Å²) >= 11 is 1.50. The number of hydrogen-bond acceptors (Lipinski definition) is 2. The quantitative estimate of drug-likeness (QED) is 0.556. The Labute approximate surface area is 85.8 Å². The van der Waals surface area contributed by atoms with Gasteiger partial charge in [-0.2, -0.15) is 0 Å². The first-order valence-electron chi connectivity index (χ1n) is 4.40. The van der Waals surface area contributed by atoms with Crippen LogP contribution in [0.25, 0.3) is 0 Å². The zero-order valence-electron chi connectivity index (χ0n) is 8.63. The molecule has 0 unspecified atom stereocenters. The lowest BCUT2D eigenvalue weighted by atomic mass is 10.2. The lowest BCUT2D eigenvalue weighted by molar-refractivity contribution is 0.651. The molecule has 0 fully saturated rings. The molecule has 3 heteroatoms. The van der Waals surface area contributed by atoms with Gasteiger partial charge in [-0.25, -0.2) is 0 Å². The average Bonchev–Trinajstić information content (AvgIpc) is 2.02. The standard InChI is InChI=1S/C10H16OSSi/c1-9-5-7-10(8-6-9)12-11-13(2,3)4/h5-8H,1-4H3. The van der Waals surface area contributed by atoms with Crippen LogP contribution >= 0.6 is 12.0 Å². The second kappa shape index (κ2) is 4.31. The van der Waals surface area contributed by atoms with Crippen molar-refractivity contribution in [2.45, 2.75) is 31.5 Å². The first-order valence-corrected chi connectivity index (χ1v) is 8.55. The van der Waals surface area contributed by atoms with Gasteiger partial charge in [-0.3, -0.25) is 0 Å². The van der Waals surface area contributed by atoms with Crippen LogP contribution in [0.15, 0.2) is 29.2 Å². The minimum Gasteiger partial charge on any atom is -0.354 e. The molecular weight excluding hydrogens is 196 g/mol. The Hall–Kier alpha value is -0.253. The number of benzene rings is 1. The summed E-state index contributed by atoms with van der Waals surface area (Å²) in [6, 6.07) is 8.41. The van der Waals surface area contributed by atoms with E-state index in [0.29, 0.717) is 0 Å². The number of hydrogen-bond donors (Lipinski definition) is 0. The van der Waals surface area contributed by atoms with Gasteiger partial charge >= 0.3 is 0 Å². The summed E-state index contributed by atoms with van der Waals surface area (Å²) in [5.74, 6) is 0. The van der Waals surface area contributed by atoms with Crippen molar-refractivity contribution in [3.05, 3.63) is 29.8 Å². The molecule has 13 heavy (non-hydrogen) atoms. The molecule has 0 aliphatic carbocycles. The largest absolute Gasteiger partial charge is 0.354 e. The molecule has 0 bridgehead atoms. The highest BCUT2D eigenvalue weighted by Gasteiger charge is 2.15. The van der Waals surface area contributed by atoms with E-state index in [0.717, 1.165) is 0 Å². The van der Waals surface area contributed by atoms with Gasteiger partial charge in [0, 0.05) is 16.9 Å². The molecule has 0 amide bonds. The van der Waals surface area contributed by atoms with Gasteiger partial charge in [0.15, 0.2) is 0 Å². The normalized spacial score (nSPS) is 11.7. The van der Waals surface area contributed by atoms with Gasteiger partial charge in [-0.1, -0.05) is 17.7 Å². The van der Waals surface area contributed by atoms with E-state index >= 15 is 0 Å². The predicted octanol–water partition coefficient (Wildman–Crippen LogP) is 3.85. The molecule has 1 nitrogen and oxygen atoms in total. The van der Waals surface area contributed by atoms with E-state index in [2.05, 4.69) is 50.8 Å². The summed E-state index contributed by atoms with van der Waals surface area (Å²) in [6.45, 7) is 8.66. The third kappa shape index (κ3) is 4.50. The van der Waals surface area contributed by atoms with Crippen LogP contribution in [0.3, 0.4) is 0 Å². The Kier molecular flexibility index (Phi) is 3.59. The van der Waals surface area contributed by atoms with Crippen LogP contribution in [-0.4, -0.2) is 8.32 Å². The molecule has 1 aromatic rings. The van der Waals surface area contributed by atoms with Crippen LogP contribution in [0, 0.1) is 6.92 Å². The Morgan fingerprint density at radius 2 is 1.62 bits per heavy atom. The molecule has 0 spiro atoms. The van der Waals surface area contributed by atoms with Crippen molar-refractivity contribution >= 4 is 20.4 Å². The van der Waals surface area contributed by atoms with E-state index in [1.54, 1.807) is 0 Å². The van der Waals surface area contributed by atoms with Crippen molar-refractivity contribution < 1.29 is 3.87 Å². The molecule has 0 radical (unpaired) electrons. The highest BCUT2D eigenvalue weighted by atomic mass is 32.2. The molecule has 0 aliphatic rings. The molecule has 0 aliphatic heterocycles. The maximum Gasteiger partial charge on any atom is 0.202 e. The first-order chi connectivity index (χ1) is 5.97. The molecule has 72 valence electrons. The molecule has 0 aromatic heterocycles. The lowest BCUT2D eigenvalue weighted by Gasteiger charge is -2.15. The predicted molar refractivity (Wildman–Crippen MR) is 61.5 cm³/mol. The van der Waals surface area contributed by atoms with Gasteiger partial charge in [-0.05, 0) is 38.7 Å². The summed E-state index contributed by atoms with van der Waals surface area (Å²) in [7, 11) is -1.39. The van der Waals surface area contributed by atoms with Crippen molar-refractivity contribution in [3.63, 3.8) is 0 Å². The van der Waals surface area contributed by atoms with Gasteiger partial charge < -0.3 is 3.87 Å². The van der Waals surface area contributed by atoms with Crippen molar-refractivity contribution in [3.8, 4) is 0 Å². The van der Waals surface area contributed by atoms with E-state index in [4.69, 9.17) is 3.87 Å². The first kappa shape index (κ1) is 10.8. The molecule has 0 saturated heterocycles. The molecule has 1 aromatic carbocycles. The summed E-state index contributed by atoms with van der Waals surface area (Å²) in [5.41, 5.74) is 1.29. The molecule has 0 atom stereocenters. The van der Waals surface area contributed by atoms with E-state index in [-0.39, 0.29) is 0 Å². The van der Waals surface area contributed by atoms with Crippen LogP contribution in [0.4, 0.5) is 0 Å². The second-order valence-electron chi connectivity index (χ2n) is 4.09. The summed E-state index contributed by atoms with van der Waals surface area (Å²) < 4.78 is 5.71. The fraction of sp³-hybridized carbons (Fsp3) is 0.400. The Balaban J connectivity index is 2.51. The molecule has 0 saturated carbocycles. The lowest BCUT2D eigenvalue weighted by Crippen LogP contribution is -2.21. The molecule has 1 rings (SSSR count). The molecular formula is C10H16OSSi. The number of aryl methyl sites for hydroxylation is 1. The maximum absolute atomic E-state index is 5.71. The van der Waals surface area contributed by atoms with Crippen molar-refractivity contribution in [2.75, 3.05) is 0 Å². The third-order valence-electron chi connectivity index (χ3n) is 1.41. The zero-order valence-corrected chi connectivity index (χ0v) is 10.4. The maximum atomic E-state index is 5.71.